The van der Waals surface area contributed by atoms with Crippen LogP contribution < -0.4 is 4.74 Å². The molecule has 3 atom stereocenters. The standard InChI is InChI=1S/C25H36N2O6S/c1-17-14-27(18(2)16-28)34(31,32)23-9-8-20(10-11-25(3,4)30)12-21(23)33-22(17)15-26(5)24(29)13-19-6-7-19/h8-9,12,17-19,22,28,30H,6-7,13-16H2,1-5H3/t17-,18+,22-/m1/s1. The van der Waals surface area contributed by atoms with Crippen LogP contribution in [0.5, 0.6) is 5.75 Å². The smallest absolute Gasteiger partial charge is 0.247 e. The summed E-state index contributed by atoms with van der Waals surface area (Å²) in [6.07, 6.45) is 2.23. The van der Waals surface area contributed by atoms with E-state index in [1.165, 1.54) is 10.4 Å². The molecule has 0 bridgehead atoms. The molecule has 0 aromatic heterocycles. The number of sulfonamides is 1. The molecule has 0 radical (unpaired) electrons. The normalized spacial score (nSPS) is 23.4. The minimum absolute atomic E-state index is 0.00883. The number of fused-ring (bicyclic) bond motifs is 1. The Balaban J connectivity index is 2.00. The molecule has 0 unspecified atom stereocenters. The van der Waals surface area contributed by atoms with Gasteiger partial charge in [0.25, 0.3) is 0 Å². The highest BCUT2D eigenvalue weighted by molar-refractivity contribution is 7.89. The second-order valence-electron chi connectivity index (χ2n) is 10.1. The lowest BCUT2D eigenvalue weighted by molar-refractivity contribution is -0.131. The quantitative estimate of drug-likeness (QED) is 0.587. The zero-order valence-electron chi connectivity index (χ0n) is 20.6. The average Bonchev–Trinajstić information content (AvgIpc) is 3.57. The molecule has 2 aliphatic rings. The van der Waals surface area contributed by atoms with E-state index in [0.717, 1.165) is 12.8 Å². The number of nitrogens with zero attached hydrogens (tertiary/aromatic N) is 2. The van der Waals surface area contributed by atoms with Gasteiger partial charge in [-0.1, -0.05) is 18.8 Å². The van der Waals surface area contributed by atoms with Crippen LogP contribution in [0.1, 0.15) is 52.5 Å². The third-order valence-electron chi connectivity index (χ3n) is 6.22. The Bertz CT molecular complexity index is 1070. The van der Waals surface area contributed by atoms with Gasteiger partial charge >= 0.3 is 0 Å². The Morgan fingerprint density at radius 3 is 2.62 bits per heavy atom. The number of carbonyl (C=O) groups excluding carboxylic acids is 1. The monoisotopic (exact) mass is 492 g/mol. The van der Waals surface area contributed by atoms with Crippen LogP contribution in [0.3, 0.4) is 0 Å². The summed E-state index contributed by atoms with van der Waals surface area (Å²) in [4.78, 5) is 14.3. The fourth-order valence-corrected chi connectivity index (χ4v) is 5.67. The number of amides is 1. The van der Waals surface area contributed by atoms with Crippen LogP contribution in [0.25, 0.3) is 0 Å². The Hall–Kier alpha value is -2.12. The van der Waals surface area contributed by atoms with E-state index in [0.29, 0.717) is 24.4 Å². The predicted octanol–water partition coefficient (Wildman–Crippen LogP) is 1.84. The molecule has 2 N–H and O–H groups in total. The van der Waals surface area contributed by atoms with Crippen molar-refractivity contribution < 1.29 is 28.2 Å². The van der Waals surface area contributed by atoms with E-state index in [1.54, 1.807) is 44.9 Å². The first-order valence-electron chi connectivity index (χ1n) is 11.7. The molecule has 1 heterocycles. The number of ether oxygens (including phenoxy) is 1. The molecule has 3 rings (SSSR count). The number of benzene rings is 1. The van der Waals surface area contributed by atoms with Gasteiger partial charge in [-0.05, 0) is 57.7 Å². The summed E-state index contributed by atoms with van der Waals surface area (Å²) >= 11 is 0. The van der Waals surface area contributed by atoms with Crippen molar-refractivity contribution in [1.82, 2.24) is 9.21 Å². The summed E-state index contributed by atoms with van der Waals surface area (Å²) in [6, 6.07) is 3.96. The van der Waals surface area contributed by atoms with E-state index in [-0.39, 0.29) is 35.6 Å². The molecule has 34 heavy (non-hydrogen) atoms. The fourth-order valence-electron chi connectivity index (χ4n) is 3.84. The van der Waals surface area contributed by atoms with Crippen molar-refractivity contribution in [2.24, 2.45) is 11.8 Å². The number of likely N-dealkylation sites (N-methyl/N-ethyl adjacent to an activating group) is 1. The molecule has 1 aromatic carbocycles. The van der Waals surface area contributed by atoms with Gasteiger partial charge in [-0.25, -0.2) is 8.42 Å². The van der Waals surface area contributed by atoms with E-state index in [2.05, 4.69) is 11.8 Å². The van der Waals surface area contributed by atoms with Gasteiger partial charge < -0.3 is 19.8 Å². The maximum Gasteiger partial charge on any atom is 0.247 e. The number of carbonyl (C=O) groups is 1. The Morgan fingerprint density at radius 1 is 1.35 bits per heavy atom. The highest BCUT2D eigenvalue weighted by atomic mass is 32.2. The van der Waals surface area contributed by atoms with E-state index in [1.807, 2.05) is 6.92 Å². The van der Waals surface area contributed by atoms with Crippen LogP contribution in [0.2, 0.25) is 0 Å². The first kappa shape index (κ1) is 26.5. The van der Waals surface area contributed by atoms with Gasteiger partial charge in [-0.2, -0.15) is 4.31 Å². The van der Waals surface area contributed by atoms with Crippen molar-refractivity contribution in [3.05, 3.63) is 23.8 Å². The molecule has 188 valence electrons. The van der Waals surface area contributed by atoms with Crippen LogP contribution in [0, 0.1) is 23.7 Å². The Kier molecular flexibility index (Phi) is 7.98. The maximum absolute atomic E-state index is 13.5. The molecule has 8 nitrogen and oxygen atoms in total. The van der Waals surface area contributed by atoms with Crippen LogP contribution in [0.15, 0.2) is 23.1 Å². The molecule has 0 spiro atoms. The van der Waals surface area contributed by atoms with Gasteiger partial charge in [0.15, 0.2) is 0 Å². The van der Waals surface area contributed by atoms with Crippen LogP contribution >= 0.6 is 0 Å². The van der Waals surface area contributed by atoms with Gasteiger partial charge in [0.2, 0.25) is 15.9 Å². The summed E-state index contributed by atoms with van der Waals surface area (Å²) in [6.45, 7) is 6.83. The van der Waals surface area contributed by atoms with Gasteiger partial charge in [-0.15, -0.1) is 0 Å². The molecule has 0 saturated heterocycles. The SMILES string of the molecule is C[C@@H]1CN([C@@H](C)CO)S(=O)(=O)c2ccc(C#CC(C)(C)O)cc2O[C@@H]1CN(C)C(=O)CC1CC1. The maximum atomic E-state index is 13.5. The van der Waals surface area contributed by atoms with E-state index in [9.17, 15) is 23.4 Å². The lowest BCUT2D eigenvalue weighted by atomic mass is 10.0. The molecular formula is C25H36N2O6S. The zero-order valence-corrected chi connectivity index (χ0v) is 21.4. The Morgan fingerprint density at radius 2 is 2.03 bits per heavy atom. The minimum Gasteiger partial charge on any atom is -0.487 e. The summed E-state index contributed by atoms with van der Waals surface area (Å²) < 4.78 is 34.6. The van der Waals surface area contributed by atoms with Crippen LogP contribution in [-0.2, 0) is 14.8 Å². The van der Waals surface area contributed by atoms with Crippen LogP contribution in [0.4, 0.5) is 0 Å². The van der Waals surface area contributed by atoms with Gasteiger partial charge in [0, 0.05) is 37.5 Å². The minimum atomic E-state index is -3.95. The zero-order chi connectivity index (χ0) is 25.3. The van der Waals surface area contributed by atoms with Crippen molar-refractivity contribution in [2.75, 3.05) is 26.7 Å². The topological polar surface area (TPSA) is 107 Å². The Labute approximate surface area is 202 Å². The number of aliphatic hydroxyl groups excluding tert-OH is 1. The highest BCUT2D eigenvalue weighted by Gasteiger charge is 2.38. The third kappa shape index (κ3) is 6.51. The first-order chi connectivity index (χ1) is 15.8. The number of rotatable bonds is 6. The van der Waals surface area contributed by atoms with Crippen LogP contribution in [-0.4, -0.2) is 78.2 Å². The lowest BCUT2D eigenvalue weighted by Crippen LogP contribution is -2.50. The molecule has 1 saturated carbocycles. The fraction of sp³-hybridized carbons (Fsp3) is 0.640. The van der Waals surface area contributed by atoms with E-state index >= 15 is 0 Å². The second kappa shape index (κ2) is 10.2. The summed E-state index contributed by atoms with van der Waals surface area (Å²) in [7, 11) is -2.21. The number of hydrogen-bond acceptors (Lipinski definition) is 6. The van der Waals surface area contributed by atoms with Crippen molar-refractivity contribution in [3.63, 3.8) is 0 Å². The third-order valence-corrected chi connectivity index (χ3v) is 8.24. The molecule has 1 aromatic rings. The van der Waals surface area contributed by atoms with Gasteiger partial charge in [-0.3, -0.25) is 4.79 Å². The number of hydrogen-bond donors (Lipinski definition) is 2. The molecule has 1 fully saturated rings. The second-order valence-corrected chi connectivity index (χ2v) is 12.0. The predicted molar refractivity (Wildman–Crippen MR) is 129 cm³/mol. The summed E-state index contributed by atoms with van der Waals surface area (Å²) in [5, 5.41) is 19.7. The molecule has 1 aliphatic heterocycles. The van der Waals surface area contributed by atoms with Gasteiger partial charge in [0.1, 0.15) is 22.4 Å². The van der Waals surface area contributed by atoms with Gasteiger partial charge in [0.05, 0.1) is 13.2 Å². The molecule has 1 aliphatic carbocycles. The number of aliphatic hydroxyl groups is 2. The average molecular weight is 493 g/mol. The molecule has 1 amide bonds. The van der Waals surface area contributed by atoms with E-state index < -0.39 is 27.8 Å². The highest BCUT2D eigenvalue weighted by Crippen LogP contribution is 2.35. The first-order valence-corrected chi connectivity index (χ1v) is 13.2. The molecule has 9 heteroatoms. The van der Waals surface area contributed by atoms with Crippen molar-refractivity contribution in [1.29, 1.82) is 0 Å². The van der Waals surface area contributed by atoms with Crippen molar-refractivity contribution in [3.8, 4) is 17.6 Å². The molecular weight excluding hydrogens is 456 g/mol. The summed E-state index contributed by atoms with van der Waals surface area (Å²) in [5.74, 6) is 6.01. The van der Waals surface area contributed by atoms with Crippen molar-refractivity contribution >= 4 is 15.9 Å². The largest absolute Gasteiger partial charge is 0.487 e. The van der Waals surface area contributed by atoms with E-state index in [4.69, 9.17) is 4.74 Å². The van der Waals surface area contributed by atoms with Crippen molar-refractivity contribution in [2.45, 2.75) is 69.6 Å². The lowest BCUT2D eigenvalue weighted by Gasteiger charge is -2.37. The summed E-state index contributed by atoms with van der Waals surface area (Å²) in [5.41, 5.74) is -0.699.